The van der Waals surface area contributed by atoms with Crippen LogP contribution in [0.25, 0.3) is 0 Å². The van der Waals surface area contributed by atoms with Gasteiger partial charge in [-0.25, -0.2) is 0 Å². The molecule has 0 aliphatic heterocycles. The van der Waals surface area contributed by atoms with E-state index in [0.29, 0.717) is 6.04 Å². The van der Waals surface area contributed by atoms with Crippen LogP contribution in [-0.2, 0) is 7.05 Å². The van der Waals surface area contributed by atoms with Crippen molar-refractivity contribution >= 4 is 11.8 Å². The van der Waals surface area contributed by atoms with Crippen LogP contribution in [-0.4, -0.2) is 27.1 Å². The average molecular weight is 266 g/mol. The number of thioether (sulfide) groups is 1. The Labute approximate surface area is 114 Å². The van der Waals surface area contributed by atoms with Gasteiger partial charge in [0, 0.05) is 24.2 Å². The predicted octanol–water partition coefficient (Wildman–Crippen LogP) is 2.57. The molecule has 0 amide bonds. The lowest BCUT2D eigenvalue weighted by atomic mass is 9.97. The van der Waals surface area contributed by atoms with Gasteiger partial charge in [-0.2, -0.15) is 10.4 Å². The third-order valence-electron chi connectivity index (χ3n) is 2.63. The molecule has 5 heteroatoms. The van der Waals surface area contributed by atoms with Crippen molar-refractivity contribution in [1.29, 1.82) is 5.26 Å². The first-order valence-electron chi connectivity index (χ1n) is 6.25. The van der Waals surface area contributed by atoms with Crippen molar-refractivity contribution in [2.24, 2.45) is 7.05 Å². The van der Waals surface area contributed by atoms with E-state index in [0.717, 1.165) is 18.6 Å². The summed E-state index contributed by atoms with van der Waals surface area (Å²) in [6.45, 7) is 6.11. The molecular weight excluding hydrogens is 244 g/mol. The molecule has 0 aliphatic carbocycles. The fourth-order valence-electron chi connectivity index (χ4n) is 1.89. The van der Waals surface area contributed by atoms with E-state index in [1.54, 1.807) is 11.8 Å². The lowest BCUT2D eigenvalue weighted by Gasteiger charge is -2.25. The van der Waals surface area contributed by atoms with Gasteiger partial charge in [-0.3, -0.25) is 10.00 Å². The van der Waals surface area contributed by atoms with Crippen LogP contribution in [0.5, 0.6) is 0 Å². The van der Waals surface area contributed by atoms with E-state index in [4.69, 9.17) is 0 Å². The molecule has 1 atom stereocenters. The second-order valence-electron chi connectivity index (χ2n) is 5.04. The Morgan fingerprint density at radius 3 is 2.83 bits per heavy atom. The van der Waals surface area contributed by atoms with Crippen LogP contribution >= 0.6 is 11.8 Å². The minimum absolute atomic E-state index is 0.334. The number of hydrogen-bond donors (Lipinski definition) is 1. The third kappa shape index (κ3) is 5.11. The molecule has 0 fully saturated rings. The Morgan fingerprint density at radius 1 is 1.61 bits per heavy atom. The summed E-state index contributed by atoms with van der Waals surface area (Å²) in [6, 6.07) is 2.71. The van der Waals surface area contributed by atoms with E-state index in [-0.39, 0.29) is 0 Å². The molecule has 0 saturated heterocycles. The van der Waals surface area contributed by atoms with E-state index < -0.39 is 5.54 Å². The highest BCUT2D eigenvalue weighted by Crippen LogP contribution is 2.20. The lowest BCUT2D eigenvalue weighted by Crippen LogP contribution is -2.44. The van der Waals surface area contributed by atoms with Crippen molar-refractivity contribution in [3.63, 3.8) is 0 Å². The van der Waals surface area contributed by atoms with Gasteiger partial charge < -0.3 is 0 Å². The largest absolute Gasteiger partial charge is 0.297 e. The quantitative estimate of drug-likeness (QED) is 0.609. The number of nitrogens with zero attached hydrogens (tertiary/aromatic N) is 3. The smallest absolute Gasteiger partial charge is 0.104 e. The van der Waals surface area contributed by atoms with Crippen LogP contribution in [0.1, 0.15) is 33.6 Å². The zero-order chi connectivity index (χ0) is 13.6. The second kappa shape index (κ2) is 6.81. The Balaban J connectivity index is 2.30. The SMILES string of the molecule is CC(C)NC(C)(C#N)CCCSc1cnn(C)c1. The van der Waals surface area contributed by atoms with Gasteiger partial charge in [0.1, 0.15) is 5.54 Å². The summed E-state index contributed by atoms with van der Waals surface area (Å²) in [6.07, 6.45) is 5.78. The maximum absolute atomic E-state index is 9.22. The van der Waals surface area contributed by atoms with E-state index in [1.807, 2.05) is 31.0 Å². The maximum atomic E-state index is 9.22. The van der Waals surface area contributed by atoms with E-state index >= 15 is 0 Å². The summed E-state index contributed by atoms with van der Waals surface area (Å²) in [5.74, 6) is 1.02. The number of nitrogens with one attached hydrogen (secondary N) is 1. The summed E-state index contributed by atoms with van der Waals surface area (Å²) >= 11 is 1.79. The molecule has 1 N–H and O–H groups in total. The number of rotatable bonds is 7. The molecule has 1 rings (SSSR count). The monoisotopic (exact) mass is 266 g/mol. The first-order chi connectivity index (χ1) is 8.45. The van der Waals surface area contributed by atoms with Crippen molar-refractivity contribution in [3.05, 3.63) is 12.4 Å². The van der Waals surface area contributed by atoms with Gasteiger partial charge in [0.15, 0.2) is 0 Å². The van der Waals surface area contributed by atoms with Crippen molar-refractivity contribution in [2.75, 3.05) is 5.75 Å². The maximum Gasteiger partial charge on any atom is 0.104 e. The van der Waals surface area contributed by atoms with E-state index in [9.17, 15) is 5.26 Å². The highest BCUT2D eigenvalue weighted by atomic mass is 32.2. The Hall–Kier alpha value is -0.990. The fraction of sp³-hybridized carbons (Fsp3) is 0.692. The van der Waals surface area contributed by atoms with Crippen molar-refractivity contribution in [2.45, 2.75) is 50.1 Å². The first-order valence-corrected chi connectivity index (χ1v) is 7.24. The van der Waals surface area contributed by atoms with Crippen LogP contribution in [0.3, 0.4) is 0 Å². The van der Waals surface area contributed by atoms with E-state index in [1.165, 1.54) is 4.90 Å². The number of aryl methyl sites for hydroxylation is 1. The normalized spacial score (nSPS) is 14.4. The zero-order valence-corrected chi connectivity index (χ0v) is 12.4. The van der Waals surface area contributed by atoms with Crippen LogP contribution in [0.15, 0.2) is 17.3 Å². The zero-order valence-electron chi connectivity index (χ0n) is 11.6. The summed E-state index contributed by atoms with van der Waals surface area (Å²) in [5.41, 5.74) is -0.413. The lowest BCUT2D eigenvalue weighted by molar-refractivity contribution is 0.380. The highest BCUT2D eigenvalue weighted by molar-refractivity contribution is 7.99. The van der Waals surface area contributed by atoms with Gasteiger partial charge in [0.05, 0.1) is 12.3 Å². The Kier molecular flexibility index (Phi) is 5.70. The van der Waals surface area contributed by atoms with Gasteiger partial charge in [-0.05, 0) is 39.4 Å². The summed E-state index contributed by atoms with van der Waals surface area (Å²) in [5, 5.41) is 16.7. The molecule has 0 spiro atoms. The molecule has 4 nitrogen and oxygen atoms in total. The number of aromatic nitrogens is 2. The average Bonchev–Trinajstić information content (AvgIpc) is 2.70. The van der Waals surface area contributed by atoms with Gasteiger partial charge >= 0.3 is 0 Å². The molecule has 1 unspecified atom stereocenters. The molecule has 18 heavy (non-hydrogen) atoms. The molecule has 0 bridgehead atoms. The summed E-state index contributed by atoms with van der Waals surface area (Å²) < 4.78 is 1.81. The van der Waals surface area contributed by atoms with Crippen LogP contribution in [0.4, 0.5) is 0 Å². The minimum atomic E-state index is -0.413. The van der Waals surface area contributed by atoms with Gasteiger partial charge in [-0.1, -0.05) is 0 Å². The van der Waals surface area contributed by atoms with Crippen LogP contribution in [0, 0.1) is 11.3 Å². The van der Waals surface area contributed by atoms with Crippen molar-refractivity contribution in [1.82, 2.24) is 15.1 Å². The molecule has 1 aromatic heterocycles. The number of nitriles is 1. The molecule has 1 heterocycles. The van der Waals surface area contributed by atoms with Crippen molar-refractivity contribution in [3.8, 4) is 6.07 Å². The second-order valence-corrected chi connectivity index (χ2v) is 6.21. The molecule has 100 valence electrons. The Morgan fingerprint density at radius 2 is 2.33 bits per heavy atom. The van der Waals surface area contributed by atoms with Crippen LogP contribution in [0.2, 0.25) is 0 Å². The predicted molar refractivity (Wildman–Crippen MR) is 75.5 cm³/mol. The standard InChI is InChI=1S/C13H22N4S/c1-11(2)16-13(3,10-14)6-5-7-18-12-8-15-17(4)9-12/h8-9,11,16H,5-7H2,1-4H3. The summed E-state index contributed by atoms with van der Waals surface area (Å²) in [7, 11) is 1.92. The van der Waals surface area contributed by atoms with Gasteiger partial charge in [-0.15, -0.1) is 11.8 Å². The molecule has 1 aromatic rings. The van der Waals surface area contributed by atoms with Gasteiger partial charge in [0.2, 0.25) is 0 Å². The topological polar surface area (TPSA) is 53.6 Å². The van der Waals surface area contributed by atoms with Crippen LogP contribution < -0.4 is 5.32 Å². The first kappa shape index (κ1) is 15.1. The number of hydrogen-bond acceptors (Lipinski definition) is 4. The minimum Gasteiger partial charge on any atom is -0.297 e. The molecule has 0 aromatic carbocycles. The Bertz CT molecular complexity index is 407. The molecule has 0 aliphatic rings. The van der Waals surface area contributed by atoms with Gasteiger partial charge in [0.25, 0.3) is 0 Å². The summed E-state index contributed by atoms with van der Waals surface area (Å²) in [4.78, 5) is 1.19. The highest BCUT2D eigenvalue weighted by Gasteiger charge is 2.23. The fourth-order valence-corrected chi connectivity index (χ4v) is 2.76. The van der Waals surface area contributed by atoms with Crippen molar-refractivity contribution < 1.29 is 0 Å². The molecule has 0 saturated carbocycles. The third-order valence-corrected chi connectivity index (χ3v) is 3.66. The molecular formula is C13H22N4S. The van der Waals surface area contributed by atoms with E-state index in [2.05, 4.69) is 30.3 Å². The molecule has 0 radical (unpaired) electrons.